The van der Waals surface area contributed by atoms with E-state index in [9.17, 15) is 4.79 Å². The number of rotatable bonds is 3. The standard InChI is InChI=1S/C13H13ClN2O/c1-16(7-6-15)13(17)11-8-10(11)9-4-2-3-5-12(9)14/h2-5,10-11H,7-8H2,1H3/t10-,11-/m0/s1. The van der Waals surface area contributed by atoms with Crippen molar-refractivity contribution in [2.24, 2.45) is 5.92 Å². The molecule has 1 aromatic rings. The summed E-state index contributed by atoms with van der Waals surface area (Å²) < 4.78 is 0. The molecule has 1 fully saturated rings. The predicted molar refractivity (Wildman–Crippen MR) is 65.6 cm³/mol. The lowest BCUT2D eigenvalue weighted by Gasteiger charge is -2.12. The lowest BCUT2D eigenvalue weighted by Crippen LogP contribution is -2.28. The molecule has 17 heavy (non-hydrogen) atoms. The summed E-state index contributed by atoms with van der Waals surface area (Å²) in [5.41, 5.74) is 1.04. The maximum atomic E-state index is 11.9. The van der Waals surface area contributed by atoms with Gasteiger partial charge in [-0.25, -0.2) is 0 Å². The number of carbonyl (C=O) groups excluding carboxylic acids is 1. The van der Waals surface area contributed by atoms with Crippen LogP contribution in [0.2, 0.25) is 5.02 Å². The predicted octanol–water partition coefficient (Wildman–Crippen LogP) is 2.43. The molecular weight excluding hydrogens is 236 g/mol. The number of nitrogens with zero attached hydrogens (tertiary/aromatic N) is 2. The van der Waals surface area contributed by atoms with Crippen LogP contribution < -0.4 is 0 Å². The van der Waals surface area contributed by atoms with Crippen LogP contribution in [0.1, 0.15) is 17.9 Å². The molecule has 0 unspecified atom stereocenters. The molecule has 0 aliphatic heterocycles. The van der Waals surface area contributed by atoms with Gasteiger partial charge < -0.3 is 4.90 Å². The number of carbonyl (C=O) groups is 1. The Morgan fingerprint density at radius 2 is 2.29 bits per heavy atom. The summed E-state index contributed by atoms with van der Waals surface area (Å²) in [6.45, 7) is 0.143. The van der Waals surface area contributed by atoms with Crippen molar-refractivity contribution >= 4 is 17.5 Å². The lowest BCUT2D eigenvalue weighted by molar-refractivity contribution is -0.130. The maximum Gasteiger partial charge on any atom is 0.226 e. The van der Waals surface area contributed by atoms with Crippen LogP contribution in [0.25, 0.3) is 0 Å². The lowest BCUT2D eigenvalue weighted by atomic mass is 10.1. The van der Waals surface area contributed by atoms with Gasteiger partial charge in [0, 0.05) is 18.0 Å². The van der Waals surface area contributed by atoms with Crippen LogP contribution in [-0.2, 0) is 4.79 Å². The van der Waals surface area contributed by atoms with E-state index >= 15 is 0 Å². The van der Waals surface area contributed by atoms with Crippen molar-refractivity contribution in [3.8, 4) is 6.07 Å². The van der Waals surface area contributed by atoms with E-state index in [1.54, 1.807) is 7.05 Å². The quantitative estimate of drug-likeness (QED) is 0.771. The second kappa shape index (κ2) is 4.77. The second-order valence-corrected chi connectivity index (χ2v) is 4.73. The number of halogens is 1. The third-order valence-corrected chi connectivity index (χ3v) is 3.44. The van der Waals surface area contributed by atoms with Gasteiger partial charge in [-0.05, 0) is 24.0 Å². The van der Waals surface area contributed by atoms with Crippen LogP contribution in [0.5, 0.6) is 0 Å². The Kier molecular flexibility index (Phi) is 3.35. The number of hydrogen-bond acceptors (Lipinski definition) is 2. The summed E-state index contributed by atoms with van der Waals surface area (Å²) in [6.07, 6.45) is 0.832. The minimum Gasteiger partial charge on any atom is -0.332 e. The van der Waals surface area contributed by atoms with Crippen molar-refractivity contribution in [3.63, 3.8) is 0 Å². The molecule has 0 aromatic heterocycles. The number of benzene rings is 1. The molecule has 0 saturated heterocycles. The first kappa shape index (κ1) is 11.9. The number of nitriles is 1. The Bertz CT molecular complexity index is 481. The normalized spacial score (nSPS) is 21.7. The fourth-order valence-electron chi connectivity index (χ4n) is 2.05. The van der Waals surface area contributed by atoms with Gasteiger partial charge in [0.1, 0.15) is 6.54 Å². The summed E-state index contributed by atoms with van der Waals surface area (Å²) in [5.74, 6) is 0.252. The first-order valence-electron chi connectivity index (χ1n) is 5.51. The Balaban J connectivity index is 2.04. The molecule has 0 radical (unpaired) electrons. The molecule has 1 saturated carbocycles. The van der Waals surface area contributed by atoms with E-state index in [0.717, 1.165) is 17.0 Å². The largest absolute Gasteiger partial charge is 0.332 e. The van der Waals surface area contributed by atoms with Crippen LogP contribution in [0, 0.1) is 17.2 Å². The van der Waals surface area contributed by atoms with E-state index in [4.69, 9.17) is 16.9 Å². The minimum absolute atomic E-state index is 0.00625. The third-order valence-electron chi connectivity index (χ3n) is 3.10. The van der Waals surface area contributed by atoms with Gasteiger partial charge in [-0.1, -0.05) is 29.8 Å². The minimum atomic E-state index is -0.00625. The van der Waals surface area contributed by atoms with Gasteiger partial charge in [-0.15, -0.1) is 0 Å². The van der Waals surface area contributed by atoms with Gasteiger partial charge in [0.2, 0.25) is 5.91 Å². The molecule has 1 aromatic carbocycles. The summed E-state index contributed by atoms with van der Waals surface area (Å²) in [7, 11) is 1.66. The van der Waals surface area contributed by atoms with Crippen molar-refractivity contribution in [1.29, 1.82) is 5.26 Å². The summed E-state index contributed by atoms with van der Waals surface area (Å²) in [6, 6.07) is 9.59. The molecule has 2 rings (SSSR count). The molecule has 0 N–H and O–H groups in total. The summed E-state index contributed by atoms with van der Waals surface area (Å²) >= 11 is 6.09. The van der Waals surface area contributed by atoms with Crippen LogP contribution >= 0.6 is 11.6 Å². The van der Waals surface area contributed by atoms with E-state index in [1.165, 1.54) is 4.90 Å². The summed E-state index contributed by atoms with van der Waals surface area (Å²) in [4.78, 5) is 13.4. The monoisotopic (exact) mass is 248 g/mol. The van der Waals surface area contributed by atoms with Gasteiger partial charge in [-0.3, -0.25) is 4.79 Å². The van der Waals surface area contributed by atoms with Gasteiger partial charge in [0.15, 0.2) is 0 Å². The van der Waals surface area contributed by atoms with Crippen LogP contribution in [0.15, 0.2) is 24.3 Å². The van der Waals surface area contributed by atoms with Gasteiger partial charge in [-0.2, -0.15) is 5.26 Å². The first-order chi connectivity index (χ1) is 8.15. The molecule has 0 bridgehead atoms. The van der Waals surface area contributed by atoms with E-state index in [-0.39, 0.29) is 24.3 Å². The summed E-state index contributed by atoms with van der Waals surface area (Å²) in [5, 5.41) is 9.27. The van der Waals surface area contributed by atoms with E-state index in [2.05, 4.69) is 0 Å². The fourth-order valence-corrected chi connectivity index (χ4v) is 2.33. The number of amides is 1. The Hall–Kier alpha value is -1.53. The molecule has 4 heteroatoms. The SMILES string of the molecule is CN(CC#N)C(=O)[C@H]1C[C@H]1c1ccccc1Cl. The average molecular weight is 249 g/mol. The highest BCUT2D eigenvalue weighted by molar-refractivity contribution is 6.31. The third kappa shape index (κ3) is 2.42. The van der Waals surface area contributed by atoms with Crippen molar-refractivity contribution in [2.75, 3.05) is 13.6 Å². The average Bonchev–Trinajstić information content (AvgIpc) is 3.09. The van der Waals surface area contributed by atoms with Crippen molar-refractivity contribution in [1.82, 2.24) is 4.90 Å². The molecule has 0 heterocycles. The highest BCUT2D eigenvalue weighted by Gasteiger charge is 2.45. The maximum absolute atomic E-state index is 11.9. The molecule has 0 spiro atoms. The van der Waals surface area contributed by atoms with E-state index in [1.807, 2.05) is 30.3 Å². The van der Waals surface area contributed by atoms with Crippen LogP contribution in [0.3, 0.4) is 0 Å². The Morgan fingerprint density at radius 1 is 1.59 bits per heavy atom. The molecule has 88 valence electrons. The zero-order valence-corrected chi connectivity index (χ0v) is 10.3. The molecular formula is C13H13ClN2O. The van der Waals surface area contributed by atoms with Gasteiger partial charge >= 0.3 is 0 Å². The highest BCUT2D eigenvalue weighted by atomic mass is 35.5. The second-order valence-electron chi connectivity index (χ2n) is 4.32. The molecule has 1 amide bonds. The van der Waals surface area contributed by atoms with Crippen molar-refractivity contribution in [3.05, 3.63) is 34.9 Å². The first-order valence-corrected chi connectivity index (χ1v) is 5.89. The fraction of sp³-hybridized carbons (Fsp3) is 0.385. The molecule has 1 aliphatic rings. The molecule has 3 nitrogen and oxygen atoms in total. The zero-order valence-electron chi connectivity index (χ0n) is 9.56. The van der Waals surface area contributed by atoms with Crippen LogP contribution in [0.4, 0.5) is 0 Å². The van der Waals surface area contributed by atoms with Crippen molar-refractivity contribution in [2.45, 2.75) is 12.3 Å². The van der Waals surface area contributed by atoms with E-state index in [0.29, 0.717) is 0 Å². The molecule has 1 aliphatic carbocycles. The Labute approximate surface area is 106 Å². The van der Waals surface area contributed by atoms with Gasteiger partial charge in [0.05, 0.1) is 6.07 Å². The van der Waals surface area contributed by atoms with Gasteiger partial charge in [0.25, 0.3) is 0 Å². The van der Waals surface area contributed by atoms with E-state index < -0.39 is 0 Å². The zero-order chi connectivity index (χ0) is 12.4. The Morgan fingerprint density at radius 3 is 2.94 bits per heavy atom. The van der Waals surface area contributed by atoms with Crippen molar-refractivity contribution < 1.29 is 4.79 Å². The van der Waals surface area contributed by atoms with Crippen LogP contribution in [-0.4, -0.2) is 24.4 Å². The smallest absolute Gasteiger partial charge is 0.226 e. The molecule has 2 atom stereocenters. The topological polar surface area (TPSA) is 44.1 Å². The number of hydrogen-bond donors (Lipinski definition) is 0. The highest BCUT2D eigenvalue weighted by Crippen LogP contribution is 2.50.